The van der Waals surface area contributed by atoms with Crippen molar-refractivity contribution in [3.05, 3.63) is 34.1 Å². The van der Waals surface area contributed by atoms with E-state index in [1.807, 2.05) is 4.72 Å². The van der Waals surface area contributed by atoms with Crippen molar-refractivity contribution < 1.29 is 31.3 Å². The topological polar surface area (TPSA) is 82.5 Å². The zero-order chi connectivity index (χ0) is 22.2. The second-order valence-corrected chi connectivity index (χ2v) is 10.4. The van der Waals surface area contributed by atoms with Crippen LogP contribution in [0.3, 0.4) is 0 Å². The summed E-state index contributed by atoms with van der Waals surface area (Å²) in [6.07, 6.45) is -0.613. The van der Waals surface area contributed by atoms with Crippen LogP contribution in [0.15, 0.2) is 22.7 Å². The molecule has 6 nitrogen and oxygen atoms in total. The molecule has 0 spiro atoms. The van der Waals surface area contributed by atoms with Crippen molar-refractivity contribution in [1.82, 2.24) is 9.62 Å². The smallest absolute Gasteiger partial charge is 0.444 e. The van der Waals surface area contributed by atoms with E-state index in [4.69, 9.17) is 9.52 Å². The molecule has 0 radical (unpaired) electrons. The predicted octanol–water partition coefficient (Wildman–Crippen LogP) is 4.58. The lowest BCUT2D eigenvalue weighted by atomic mass is 10.0. The fraction of sp³-hybridized carbons (Fsp3) is 0.588. The number of halogens is 5. The molecule has 1 fully saturated rings. The summed E-state index contributed by atoms with van der Waals surface area (Å²) in [5.74, 6) is -0.509. The van der Waals surface area contributed by atoms with E-state index in [1.54, 1.807) is 20.8 Å². The van der Waals surface area contributed by atoms with Crippen LogP contribution in [0, 0.1) is 10.6 Å². The third-order valence-corrected chi connectivity index (χ3v) is 6.14. The highest BCUT2D eigenvalue weighted by molar-refractivity contribution is 9.10. The number of likely N-dealkylation sites (tertiary alicyclic amines) is 1. The maximum atomic E-state index is 13.5. The van der Waals surface area contributed by atoms with Crippen LogP contribution in [0.4, 0.5) is 22.4 Å². The first-order valence-corrected chi connectivity index (χ1v) is 11.0. The van der Waals surface area contributed by atoms with Gasteiger partial charge < -0.3 is 9.64 Å². The van der Waals surface area contributed by atoms with Gasteiger partial charge in [-0.2, -0.15) is 13.2 Å². The molecule has 0 saturated carbocycles. The van der Waals surface area contributed by atoms with E-state index >= 15 is 0 Å². The molecule has 164 valence electrons. The number of nitrogens with one attached hydrogen (secondary N) is 2. The second kappa shape index (κ2) is 8.38. The lowest BCUT2D eigenvalue weighted by molar-refractivity contribution is -0.0421. The van der Waals surface area contributed by atoms with Crippen LogP contribution in [-0.2, 0) is 21.1 Å². The van der Waals surface area contributed by atoms with Crippen LogP contribution in [0.5, 0.6) is 0 Å². The van der Waals surface area contributed by atoms with Crippen molar-refractivity contribution in [1.29, 1.82) is 4.78 Å². The van der Waals surface area contributed by atoms with Gasteiger partial charge in [-0.3, -0.25) is 0 Å². The molecule has 1 aliphatic rings. The van der Waals surface area contributed by atoms with Crippen LogP contribution in [0.2, 0.25) is 0 Å². The Morgan fingerprint density at radius 3 is 2.52 bits per heavy atom. The zero-order valence-corrected chi connectivity index (χ0v) is 18.4. The van der Waals surface area contributed by atoms with Gasteiger partial charge in [0.15, 0.2) is 0 Å². The first kappa shape index (κ1) is 23.9. The number of nitrogens with zero attached hydrogens (tertiary/aromatic N) is 1. The van der Waals surface area contributed by atoms with Gasteiger partial charge in [0.1, 0.15) is 11.4 Å². The van der Waals surface area contributed by atoms with Crippen molar-refractivity contribution >= 4 is 31.9 Å². The van der Waals surface area contributed by atoms with Gasteiger partial charge in [-0.15, -0.1) is 0 Å². The molecule has 3 atom stereocenters. The van der Waals surface area contributed by atoms with Gasteiger partial charge in [-0.25, -0.2) is 22.9 Å². The monoisotopic (exact) mass is 503 g/mol. The zero-order valence-electron chi connectivity index (χ0n) is 16.0. The van der Waals surface area contributed by atoms with E-state index in [2.05, 4.69) is 15.9 Å². The molecule has 1 amide bonds. The van der Waals surface area contributed by atoms with Crippen LogP contribution < -0.4 is 4.72 Å². The third kappa shape index (κ3) is 6.05. The molecule has 1 heterocycles. The number of carbonyl (C=O) groups excluding carboxylic acids is 1. The number of ether oxygens (including phenoxy) is 1. The molecule has 1 saturated heterocycles. The quantitative estimate of drug-likeness (QED) is 0.590. The lowest BCUT2D eigenvalue weighted by Crippen LogP contribution is -2.51. The lowest BCUT2D eigenvalue weighted by Gasteiger charge is -2.31. The van der Waals surface area contributed by atoms with Gasteiger partial charge in [0.25, 0.3) is 0 Å². The maximum absolute atomic E-state index is 13.5. The van der Waals surface area contributed by atoms with E-state index in [1.165, 1.54) is 23.1 Å². The Hall–Kier alpha value is -1.40. The number of rotatable bonds is 4. The summed E-state index contributed by atoms with van der Waals surface area (Å²) in [4.78, 5) is 13.8. The number of benzene rings is 1. The SMILES string of the molecule is CC(C)(C)OC(=O)N1CC[C@H](NS(=N)(=O)C(F)(F)F)[C@@H]1Cc1ccc(F)c(Br)c1. The van der Waals surface area contributed by atoms with Gasteiger partial charge >= 0.3 is 11.6 Å². The van der Waals surface area contributed by atoms with Gasteiger partial charge in [0.2, 0.25) is 9.92 Å². The molecule has 0 aliphatic carbocycles. The number of carbonyl (C=O) groups is 1. The number of alkyl halides is 3. The average molecular weight is 504 g/mol. The minimum atomic E-state index is -5.25. The van der Waals surface area contributed by atoms with Gasteiger partial charge in [0.05, 0.1) is 10.5 Å². The predicted molar refractivity (Wildman–Crippen MR) is 103 cm³/mol. The molecule has 0 aromatic heterocycles. The highest BCUT2D eigenvalue weighted by Crippen LogP contribution is 2.29. The van der Waals surface area contributed by atoms with Gasteiger partial charge in [-0.05, 0) is 67.2 Å². The van der Waals surface area contributed by atoms with Crippen molar-refractivity contribution in [2.75, 3.05) is 6.54 Å². The third-order valence-electron chi connectivity index (χ3n) is 4.25. The Morgan fingerprint density at radius 1 is 1.38 bits per heavy atom. The molecular formula is C17H22BrF4N3O3S. The van der Waals surface area contributed by atoms with Crippen LogP contribution in [-0.4, -0.2) is 44.9 Å². The summed E-state index contributed by atoms with van der Waals surface area (Å²) in [7, 11) is -5.10. The standard InChI is InChI=1S/C17H22BrF4N3O3S/c1-16(2,3)28-15(26)25-7-6-13(24-29(23,27)17(20,21)22)14(25)9-10-4-5-12(19)11(18)8-10/h4-5,8,13-14H,6-7,9H2,1-3H3,(H2,23,24,27)/t13-,14-,29?/m0/s1. The summed E-state index contributed by atoms with van der Waals surface area (Å²) in [5.41, 5.74) is -5.52. The first-order valence-electron chi connectivity index (χ1n) is 8.66. The fourth-order valence-corrected chi connectivity index (χ4v) is 4.24. The maximum Gasteiger partial charge on any atom is 0.492 e. The molecule has 1 unspecified atom stereocenters. The number of amides is 1. The summed E-state index contributed by atoms with van der Waals surface area (Å²) in [6, 6.07) is 2.18. The Morgan fingerprint density at radius 2 is 2.00 bits per heavy atom. The van der Waals surface area contributed by atoms with Gasteiger partial charge in [-0.1, -0.05) is 6.07 Å². The van der Waals surface area contributed by atoms with Crippen molar-refractivity contribution in [2.24, 2.45) is 0 Å². The van der Waals surface area contributed by atoms with Gasteiger partial charge in [0, 0.05) is 12.6 Å². The Labute approximate surface area is 175 Å². The van der Waals surface area contributed by atoms with Crippen LogP contribution in [0.1, 0.15) is 32.8 Å². The summed E-state index contributed by atoms with van der Waals surface area (Å²) in [6.45, 7) is 5.03. The summed E-state index contributed by atoms with van der Waals surface area (Å²) < 4.78 is 78.7. The molecule has 12 heteroatoms. The fourth-order valence-electron chi connectivity index (χ4n) is 2.98. The molecule has 29 heavy (non-hydrogen) atoms. The average Bonchev–Trinajstić information content (AvgIpc) is 2.90. The largest absolute Gasteiger partial charge is 0.492 e. The normalized spacial score (nSPS) is 22.4. The van der Waals surface area contributed by atoms with E-state index < -0.39 is 45.0 Å². The molecule has 1 aliphatic heterocycles. The van der Waals surface area contributed by atoms with E-state index in [0.29, 0.717) is 5.56 Å². The van der Waals surface area contributed by atoms with E-state index in [-0.39, 0.29) is 23.9 Å². The Kier molecular flexibility index (Phi) is 6.90. The Bertz CT molecular complexity index is 872. The Balaban J connectivity index is 2.32. The van der Waals surface area contributed by atoms with Crippen molar-refractivity contribution in [2.45, 2.75) is 56.8 Å². The van der Waals surface area contributed by atoms with Crippen molar-refractivity contribution in [3.63, 3.8) is 0 Å². The molecule has 2 N–H and O–H groups in total. The molecular weight excluding hydrogens is 482 g/mol. The highest BCUT2D eigenvalue weighted by atomic mass is 79.9. The van der Waals surface area contributed by atoms with E-state index in [0.717, 1.165) is 0 Å². The summed E-state index contributed by atoms with van der Waals surface area (Å²) >= 11 is 3.05. The summed E-state index contributed by atoms with van der Waals surface area (Å²) in [5, 5.41) is 0. The van der Waals surface area contributed by atoms with Crippen LogP contribution in [0.25, 0.3) is 0 Å². The van der Waals surface area contributed by atoms with Crippen molar-refractivity contribution in [3.8, 4) is 0 Å². The number of hydrogen-bond donors (Lipinski definition) is 2. The molecule has 1 aromatic rings. The molecule has 1 aromatic carbocycles. The second-order valence-electron chi connectivity index (χ2n) is 7.71. The minimum Gasteiger partial charge on any atom is -0.444 e. The van der Waals surface area contributed by atoms with Crippen LogP contribution >= 0.6 is 15.9 Å². The molecule has 0 bridgehead atoms. The van der Waals surface area contributed by atoms with E-state index in [9.17, 15) is 26.6 Å². The molecule has 2 rings (SSSR count). The highest BCUT2D eigenvalue weighted by Gasteiger charge is 2.47. The first-order chi connectivity index (χ1) is 13.1. The number of hydrogen-bond acceptors (Lipinski definition) is 4. The minimum absolute atomic E-state index is 0.0538.